The maximum absolute atomic E-state index is 14.1. The molecule has 1 fully saturated rings. The highest BCUT2D eigenvalue weighted by molar-refractivity contribution is 7.92. The van der Waals surface area contributed by atoms with E-state index in [4.69, 9.17) is 23.2 Å². The van der Waals surface area contributed by atoms with Crippen LogP contribution in [-0.4, -0.2) is 43.8 Å². The lowest BCUT2D eigenvalue weighted by Crippen LogP contribution is -2.53. The molecule has 0 heterocycles. The fourth-order valence-electron chi connectivity index (χ4n) is 5.06. The maximum atomic E-state index is 14.1. The van der Waals surface area contributed by atoms with Crippen molar-refractivity contribution in [3.05, 3.63) is 93.5 Å². The Morgan fingerprint density at radius 1 is 0.881 bits per heavy atom. The number of halogens is 2. The minimum Gasteiger partial charge on any atom is -0.352 e. The van der Waals surface area contributed by atoms with E-state index in [0.29, 0.717) is 21.3 Å². The van der Waals surface area contributed by atoms with Crippen molar-refractivity contribution in [1.29, 1.82) is 0 Å². The lowest BCUT2D eigenvalue weighted by Gasteiger charge is -2.33. The Balaban J connectivity index is 1.68. The van der Waals surface area contributed by atoms with Crippen LogP contribution in [0.4, 0.5) is 5.69 Å². The van der Waals surface area contributed by atoms with Gasteiger partial charge in [-0.2, -0.15) is 0 Å². The smallest absolute Gasteiger partial charge is 0.264 e. The molecule has 3 aromatic carbocycles. The molecule has 1 aliphatic carbocycles. The number of hydrogen-bond donors (Lipinski definition) is 1. The number of hydrogen-bond acceptors (Lipinski definition) is 4. The van der Waals surface area contributed by atoms with E-state index in [-0.39, 0.29) is 23.4 Å². The third-order valence-corrected chi connectivity index (χ3v) is 10.2. The van der Waals surface area contributed by atoms with Gasteiger partial charge in [-0.15, -0.1) is 0 Å². The number of carbonyl (C=O) groups excluding carboxylic acids is 2. The summed E-state index contributed by atoms with van der Waals surface area (Å²) >= 11 is 12.4. The van der Waals surface area contributed by atoms with Crippen LogP contribution in [0.2, 0.25) is 10.0 Å². The molecule has 0 aromatic heterocycles. The van der Waals surface area contributed by atoms with Gasteiger partial charge in [-0.05, 0) is 75.6 Å². The number of nitrogens with zero attached hydrogens (tertiary/aromatic N) is 2. The summed E-state index contributed by atoms with van der Waals surface area (Å²) in [6.45, 7) is 4.98. The first-order chi connectivity index (χ1) is 20.0. The molecular weight excluding hydrogens is 593 g/mol. The lowest BCUT2D eigenvalue weighted by molar-refractivity contribution is -0.139. The van der Waals surface area contributed by atoms with Gasteiger partial charge in [-0.25, -0.2) is 8.42 Å². The molecule has 7 nitrogen and oxygen atoms in total. The van der Waals surface area contributed by atoms with Gasteiger partial charge in [0.1, 0.15) is 12.6 Å². The molecule has 42 heavy (non-hydrogen) atoms. The number of carbonyl (C=O) groups is 2. The zero-order valence-corrected chi connectivity index (χ0v) is 26.5. The number of rotatable bonds is 10. The molecule has 1 N–H and O–H groups in total. The van der Waals surface area contributed by atoms with Gasteiger partial charge >= 0.3 is 0 Å². The summed E-state index contributed by atoms with van der Waals surface area (Å²) in [5.74, 6) is -0.804. The van der Waals surface area contributed by atoms with Crippen LogP contribution in [-0.2, 0) is 26.2 Å². The summed E-state index contributed by atoms with van der Waals surface area (Å²) in [6.07, 6.45) is 5.04. The second-order valence-electron chi connectivity index (χ2n) is 10.9. The molecule has 1 atom stereocenters. The molecule has 224 valence electrons. The maximum Gasteiger partial charge on any atom is 0.264 e. The summed E-state index contributed by atoms with van der Waals surface area (Å²) in [6, 6.07) is 17.7. The molecule has 4 rings (SSSR count). The van der Waals surface area contributed by atoms with Gasteiger partial charge in [0.05, 0.1) is 20.6 Å². The van der Waals surface area contributed by atoms with Crippen LogP contribution in [0.3, 0.4) is 0 Å². The van der Waals surface area contributed by atoms with Crippen molar-refractivity contribution in [1.82, 2.24) is 10.2 Å². The van der Waals surface area contributed by atoms with E-state index >= 15 is 0 Å². The van der Waals surface area contributed by atoms with Gasteiger partial charge in [0.2, 0.25) is 11.8 Å². The number of sulfonamides is 1. The predicted octanol–water partition coefficient (Wildman–Crippen LogP) is 6.67. The standard InChI is InChI=1S/C32H37Cl2N3O4S/c1-22-9-14-27(15-10-22)37(42(40,41)28-16-11-23(2)12-17-28)21-31(38)36(20-25-13-18-29(33)30(34)19-25)24(3)32(39)35-26-7-5-4-6-8-26/h9-19,24,26H,4-8,20-21H2,1-3H3,(H,35,39)/t24-/m0/s1. The summed E-state index contributed by atoms with van der Waals surface area (Å²) < 4.78 is 29.0. The minimum absolute atomic E-state index is 0.0429. The Morgan fingerprint density at radius 2 is 1.48 bits per heavy atom. The molecule has 0 unspecified atom stereocenters. The molecular formula is C32H37Cl2N3O4S. The highest BCUT2D eigenvalue weighted by atomic mass is 35.5. The predicted molar refractivity (Wildman–Crippen MR) is 168 cm³/mol. The SMILES string of the molecule is Cc1ccc(N(CC(=O)N(Cc2ccc(Cl)c(Cl)c2)[C@@H](C)C(=O)NC2CCCCC2)S(=O)(=O)c2ccc(C)cc2)cc1. The van der Waals surface area contributed by atoms with Crippen molar-refractivity contribution in [2.24, 2.45) is 0 Å². The fraction of sp³-hybridized carbons (Fsp3) is 0.375. The van der Waals surface area contributed by atoms with Crippen molar-refractivity contribution >= 4 is 50.7 Å². The Morgan fingerprint density at radius 3 is 2.07 bits per heavy atom. The Kier molecular flexibility index (Phi) is 10.6. The topological polar surface area (TPSA) is 86.8 Å². The van der Waals surface area contributed by atoms with Crippen LogP contribution < -0.4 is 9.62 Å². The van der Waals surface area contributed by atoms with Gasteiger partial charge in [-0.1, -0.05) is 83.9 Å². The van der Waals surface area contributed by atoms with Crippen LogP contribution in [0.1, 0.15) is 55.7 Å². The van der Waals surface area contributed by atoms with Crippen LogP contribution in [0.15, 0.2) is 71.6 Å². The number of amides is 2. The Bertz CT molecular complexity index is 1510. The zero-order valence-electron chi connectivity index (χ0n) is 24.1. The second-order valence-corrected chi connectivity index (χ2v) is 13.6. The largest absolute Gasteiger partial charge is 0.352 e. The van der Waals surface area contributed by atoms with Gasteiger partial charge in [0, 0.05) is 12.6 Å². The normalized spacial score (nSPS) is 14.7. The van der Waals surface area contributed by atoms with E-state index in [1.807, 2.05) is 13.8 Å². The highest BCUT2D eigenvalue weighted by Gasteiger charge is 2.33. The van der Waals surface area contributed by atoms with Gasteiger partial charge in [-0.3, -0.25) is 13.9 Å². The average Bonchev–Trinajstić information content (AvgIpc) is 2.97. The molecule has 1 aliphatic rings. The summed E-state index contributed by atoms with van der Waals surface area (Å²) in [5.41, 5.74) is 2.88. The van der Waals surface area contributed by atoms with E-state index in [1.165, 1.54) is 17.0 Å². The minimum atomic E-state index is -4.12. The number of anilines is 1. The summed E-state index contributed by atoms with van der Waals surface area (Å²) in [5, 5.41) is 3.80. The lowest BCUT2D eigenvalue weighted by atomic mass is 9.95. The molecule has 0 radical (unpaired) electrons. The van der Waals surface area contributed by atoms with Crippen LogP contribution in [0.25, 0.3) is 0 Å². The first kappa shape index (κ1) is 31.9. The summed E-state index contributed by atoms with van der Waals surface area (Å²) in [4.78, 5) is 29.0. The third-order valence-electron chi connectivity index (χ3n) is 7.67. The fourth-order valence-corrected chi connectivity index (χ4v) is 6.80. The van der Waals surface area contributed by atoms with Crippen LogP contribution >= 0.6 is 23.2 Å². The van der Waals surface area contributed by atoms with Crippen molar-refractivity contribution in [3.63, 3.8) is 0 Å². The molecule has 1 saturated carbocycles. The van der Waals surface area contributed by atoms with E-state index in [1.54, 1.807) is 61.5 Å². The van der Waals surface area contributed by atoms with Gasteiger partial charge < -0.3 is 10.2 Å². The van der Waals surface area contributed by atoms with Crippen molar-refractivity contribution < 1.29 is 18.0 Å². The first-order valence-corrected chi connectivity index (χ1v) is 16.3. The molecule has 0 spiro atoms. The van der Waals surface area contributed by atoms with Gasteiger partial charge in [0.25, 0.3) is 10.0 Å². The molecule has 0 bridgehead atoms. The monoisotopic (exact) mass is 629 g/mol. The number of nitrogens with one attached hydrogen (secondary N) is 1. The molecule has 0 aliphatic heterocycles. The molecule has 10 heteroatoms. The molecule has 0 saturated heterocycles. The van der Waals surface area contributed by atoms with Crippen molar-refractivity contribution in [2.45, 2.75) is 76.4 Å². The second kappa shape index (κ2) is 13.9. The Labute approximate surface area is 258 Å². The Hall–Kier alpha value is -3.07. The van der Waals surface area contributed by atoms with Crippen molar-refractivity contribution in [2.75, 3.05) is 10.8 Å². The van der Waals surface area contributed by atoms with E-state index in [0.717, 1.165) is 47.5 Å². The summed E-state index contributed by atoms with van der Waals surface area (Å²) in [7, 11) is -4.12. The zero-order chi connectivity index (χ0) is 30.4. The average molecular weight is 631 g/mol. The van der Waals surface area contributed by atoms with Crippen LogP contribution in [0.5, 0.6) is 0 Å². The van der Waals surface area contributed by atoms with Crippen molar-refractivity contribution in [3.8, 4) is 0 Å². The van der Waals surface area contributed by atoms with E-state index < -0.39 is 28.5 Å². The molecule has 3 aromatic rings. The van der Waals surface area contributed by atoms with E-state index in [2.05, 4.69) is 5.32 Å². The van der Waals surface area contributed by atoms with Gasteiger partial charge in [0.15, 0.2) is 0 Å². The highest BCUT2D eigenvalue weighted by Crippen LogP contribution is 2.27. The molecule has 2 amide bonds. The quantitative estimate of drug-likeness (QED) is 0.271. The first-order valence-electron chi connectivity index (χ1n) is 14.2. The van der Waals surface area contributed by atoms with Crippen LogP contribution in [0, 0.1) is 13.8 Å². The van der Waals surface area contributed by atoms with E-state index in [9.17, 15) is 18.0 Å². The number of aryl methyl sites for hydroxylation is 2. The number of benzene rings is 3. The third kappa shape index (κ3) is 7.85.